The molecule has 0 rings (SSSR count). The first-order valence-corrected chi connectivity index (χ1v) is 31.0. The maximum atomic E-state index is 13.0. The Kier molecular flexibility index (Phi) is 50.2. The van der Waals surface area contributed by atoms with Crippen LogP contribution in [-0.4, -0.2) is 73.4 Å². The molecule has 0 aliphatic carbocycles. The van der Waals surface area contributed by atoms with E-state index in [-0.39, 0.29) is 19.1 Å². The average molecular weight is 993 g/mol. The normalized spacial score (nSPS) is 14.2. The van der Waals surface area contributed by atoms with E-state index in [9.17, 15) is 19.4 Å². The number of hydrogen-bond donors (Lipinski definition) is 3. The lowest BCUT2D eigenvalue weighted by Gasteiger charge is -2.25. The summed E-state index contributed by atoms with van der Waals surface area (Å²) in [6.07, 6.45) is 68.0. The monoisotopic (exact) mass is 992 g/mol. The van der Waals surface area contributed by atoms with Gasteiger partial charge in [0.25, 0.3) is 0 Å². The number of allylic oxidation sites excluding steroid dienone is 7. The molecule has 0 saturated heterocycles. The number of hydrogen-bond acceptors (Lipinski definition) is 5. The molecule has 69 heavy (non-hydrogen) atoms. The van der Waals surface area contributed by atoms with Gasteiger partial charge in [-0.05, 0) is 70.6 Å². The SMILES string of the molecule is CCCCCCCCCCC/C=C/CC/C=C/CC/C=C/C(O)C(COP(=O)(O)OCC[N+](C)(C)C)NC(=O)CCCCCCCCCCCCCC/C=C\CCCCCCCCCCCCCC. The first kappa shape index (κ1) is 67.5. The third-order valence-electron chi connectivity index (χ3n) is 13.2. The highest BCUT2D eigenvalue weighted by Crippen LogP contribution is 2.43. The van der Waals surface area contributed by atoms with Crippen molar-refractivity contribution in [1.29, 1.82) is 0 Å². The van der Waals surface area contributed by atoms with Crippen LogP contribution in [-0.2, 0) is 18.4 Å². The predicted molar refractivity (Wildman–Crippen MR) is 300 cm³/mol. The highest BCUT2D eigenvalue weighted by atomic mass is 31.2. The first-order valence-electron chi connectivity index (χ1n) is 29.5. The Bertz CT molecular complexity index is 1260. The molecule has 0 saturated carbocycles. The van der Waals surface area contributed by atoms with Crippen LogP contribution >= 0.6 is 7.82 Å². The van der Waals surface area contributed by atoms with Gasteiger partial charge in [-0.3, -0.25) is 13.8 Å². The smallest absolute Gasteiger partial charge is 0.387 e. The number of unbranched alkanes of at least 4 members (excludes halogenated alkanes) is 35. The summed E-state index contributed by atoms with van der Waals surface area (Å²) in [5, 5.41) is 13.9. The molecular formula is C60H116N2O6P+. The van der Waals surface area contributed by atoms with Crippen molar-refractivity contribution in [1.82, 2.24) is 5.32 Å². The summed E-state index contributed by atoms with van der Waals surface area (Å²) in [5.74, 6) is -0.189. The number of aliphatic hydroxyl groups is 1. The van der Waals surface area contributed by atoms with E-state index in [1.807, 2.05) is 27.2 Å². The summed E-state index contributed by atoms with van der Waals surface area (Å²) < 4.78 is 23.7. The molecule has 0 aromatic rings. The standard InChI is InChI=1S/C60H115N2O6P/c1-6-8-10-12-14-16-18-20-22-24-26-27-28-29-30-31-32-33-34-36-38-40-42-44-46-48-50-52-54-60(64)61-58(57-68-69(65,66)67-56-55-62(3,4)5)59(63)53-51-49-47-45-43-41-39-37-35-25-23-21-19-17-15-13-11-9-7-2/h29-30,35,37,43,45,51,53,58-59,63H,6-28,31-34,36,38-42,44,46-50,52,54-57H2,1-5H3,(H-,61,64,65,66)/p+1/b30-29-,37-35+,45-43+,53-51+. The number of quaternary nitrogens is 1. The molecule has 0 bridgehead atoms. The number of carbonyl (C=O) groups is 1. The average Bonchev–Trinajstić information content (AvgIpc) is 3.31. The molecule has 1 amide bonds. The molecule has 0 spiro atoms. The number of carbonyl (C=O) groups excluding carboxylic acids is 1. The molecule has 0 aromatic carbocycles. The summed E-state index contributed by atoms with van der Waals surface area (Å²) in [6, 6.07) is -0.871. The lowest BCUT2D eigenvalue weighted by atomic mass is 10.0. The Hall–Kier alpha value is -1.54. The third kappa shape index (κ3) is 54.1. The Morgan fingerprint density at radius 1 is 0.478 bits per heavy atom. The van der Waals surface area contributed by atoms with Crippen LogP contribution in [0.1, 0.15) is 277 Å². The Labute approximate surface area is 429 Å². The molecule has 0 heterocycles. The lowest BCUT2D eigenvalue weighted by Crippen LogP contribution is -2.45. The molecule has 9 heteroatoms. The van der Waals surface area contributed by atoms with Gasteiger partial charge < -0.3 is 19.8 Å². The minimum atomic E-state index is -4.36. The van der Waals surface area contributed by atoms with E-state index in [2.05, 4.69) is 55.6 Å². The summed E-state index contributed by atoms with van der Waals surface area (Å²) in [6.45, 7) is 4.81. The zero-order valence-electron chi connectivity index (χ0n) is 46.3. The van der Waals surface area contributed by atoms with Crippen molar-refractivity contribution in [2.24, 2.45) is 0 Å². The van der Waals surface area contributed by atoms with Crippen molar-refractivity contribution in [2.75, 3.05) is 40.9 Å². The number of nitrogens with one attached hydrogen (secondary N) is 1. The maximum Gasteiger partial charge on any atom is 0.472 e. The first-order chi connectivity index (χ1) is 33.5. The van der Waals surface area contributed by atoms with Gasteiger partial charge in [-0.25, -0.2) is 4.57 Å². The third-order valence-corrected chi connectivity index (χ3v) is 14.2. The lowest BCUT2D eigenvalue weighted by molar-refractivity contribution is -0.870. The number of aliphatic hydroxyl groups excluding tert-OH is 1. The zero-order valence-corrected chi connectivity index (χ0v) is 47.2. The van der Waals surface area contributed by atoms with Gasteiger partial charge in [-0.2, -0.15) is 0 Å². The molecule has 3 N–H and O–H groups in total. The molecule has 0 fully saturated rings. The van der Waals surface area contributed by atoms with Crippen molar-refractivity contribution in [3.05, 3.63) is 48.6 Å². The maximum absolute atomic E-state index is 13.0. The van der Waals surface area contributed by atoms with Gasteiger partial charge in [-0.15, -0.1) is 0 Å². The van der Waals surface area contributed by atoms with E-state index in [0.29, 0.717) is 17.4 Å². The second kappa shape index (κ2) is 51.4. The van der Waals surface area contributed by atoms with Crippen LogP contribution in [0.25, 0.3) is 0 Å². The van der Waals surface area contributed by atoms with Gasteiger partial charge in [-0.1, -0.05) is 249 Å². The van der Waals surface area contributed by atoms with Gasteiger partial charge in [0.1, 0.15) is 13.2 Å². The largest absolute Gasteiger partial charge is 0.472 e. The fraction of sp³-hybridized carbons (Fsp3) is 0.850. The van der Waals surface area contributed by atoms with E-state index in [1.54, 1.807) is 6.08 Å². The van der Waals surface area contributed by atoms with Crippen molar-refractivity contribution in [2.45, 2.75) is 289 Å². The van der Waals surface area contributed by atoms with Crippen LogP contribution in [0, 0.1) is 0 Å². The van der Waals surface area contributed by atoms with E-state index >= 15 is 0 Å². The van der Waals surface area contributed by atoms with Crippen LogP contribution in [0.15, 0.2) is 48.6 Å². The molecule has 8 nitrogen and oxygen atoms in total. The zero-order chi connectivity index (χ0) is 50.6. The van der Waals surface area contributed by atoms with Crippen LogP contribution in [0.4, 0.5) is 0 Å². The fourth-order valence-corrected chi connectivity index (χ4v) is 9.34. The van der Waals surface area contributed by atoms with Crippen molar-refractivity contribution in [3.8, 4) is 0 Å². The fourth-order valence-electron chi connectivity index (χ4n) is 8.60. The molecule has 0 aliphatic heterocycles. The second-order valence-corrected chi connectivity index (χ2v) is 22.8. The minimum Gasteiger partial charge on any atom is -0.387 e. The van der Waals surface area contributed by atoms with Crippen LogP contribution < -0.4 is 5.32 Å². The van der Waals surface area contributed by atoms with Crippen molar-refractivity contribution < 1.29 is 32.9 Å². The summed E-state index contributed by atoms with van der Waals surface area (Å²) in [4.78, 5) is 23.3. The number of nitrogens with zero attached hydrogens (tertiary/aromatic N) is 1. The topological polar surface area (TPSA) is 105 Å². The van der Waals surface area contributed by atoms with Crippen molar-refractivity contribution in [3.63, 3.8) is 0 Å². The highest BCUT2D eigenvalue weighted by Gasteiger charge is 2.27. The predicted octanol–water partition coefficient (Wildman–Crippen LogP) is 17.9. The Morgan fingerprint density at radius 2 is 0.797 bits per heavy atom. The number of likely N-dealkylation sites (N-methyl/N-ethyl adjacent to an activating group) is 1. The van der Waals surface area contributed by atoms with E-state index < -0.39 is 20.0 Å². The molecule has 3 unspecified atom stereocenters. The highest BCUT2D eigenvalue weighted by molar-refractivity contribution is 7.47. The van der Waals surface area contributed by atoms with E-state index in [1.165, 1.54) is 212 Å². The Balaban J connectivity index is 4.20. The number of amides is 1. The molecule has 406 valence electrons. The Morgan fingerprint density at radius 3 is 1.16 bits per heavy atom. The van der Waals surface area contributed by atoms with E-state index in [0.717, 1.165) is 44.9 Å². The van der Waals surface area contributed by atoms with Gasteiger partial charge in [0, 0.05) is 6.42 Å². The summed E-state index contributed by atoms with van der Waals surface area (Å²) in [7, 11) is 1.55. The quantitative estimate of drug-likeness (QED) is 0.0243. The minimum absolute atomic E-state index is 0.0533. The number of rotatable bonds is 54. The van der Waals surface area contributed by atoms with Crippen molar-refractivity contribution >= 4 is 13.7 Å². The molecule has 0 radical (unpaired) electrons. The molecule has 0 aliphatic rings. The molecule has 0 aromatic heterocycles. The van der Waals surface area contributed by atoms with E-state index in [4.69, 9.17) is 9.05 Å². The van der Waals surface area contributed by atoms with Crippen LogP contribution in [0.2, 0.25) is 0 Å². The molecular weight excluding hydrogens is 876 g/mol. The van der Waals surface area contributed by atoms with Gasteiger partial charge in [0.2, 0.25) is 5.91 Å². The van der Waals surface area contributed by atoms with Crippen LogP contribution in [0.5, 0.6) is 0 Å². The number of phosphoric acid groups is 1. The van der Waals surface area contributed by atoms with Gasteiger partial charge in [0.05, 0.1) is 39.9 Å². The van der Waals surface area contributed by atoms with Gasteiger partial charge in [0.15, 0.2) is 0 Å². The van der Waals surface area contributed by atoms with Gasteiger partial charge >= 0.3 is 7.82 Å². The summed E-state index contributed by atoms with van der Waals surface area (Å²) >= 11 is 0. The number of phosphoric ester groups is 1. The summed E-state index contributed by atoms with van der Waals surface area (Å²) in [5.41, 5.74) is 0. The second-order valence-electron chi connectivity index (χ2n) is 21.3. The van der Waals surface area contributed by atoms with Crippen LogP contribution in [0.3, 0.4) is 0 Å². The molecule has 3 atom stereocenters.